The Hall–Kier alpha value is -2.25. The molecule has 0 saturated heterocycles. The lowest BCUT2D eigenvalue weighted by Gasteiger charge is -2.20. The molecule has 0 amide bonds. The van der Waals surface area contributed by atoms with Gasteiger partial charge in [0, 0.05) is 30.7 Å². The van der Waals surface area contributed by atoms with Crippen molar-refractivity contribution in [3.63, 3.8) is 0 Å². The Morgan fingerprint density at radius 3 is 2.88 bits per heavy atom. The largest absolute Gasteiger partial charge is 0.494 e. The van der Waals surface area contributed by atoms with Crippen LogP contribution in [0.5, 0.6) is 5.75 Å². The van der Waals surface area contributed by atoms with Crippen molar-refractivity contribution < 1.29 is 9.13 Å². The molecule has 1 aromatic carbocycles. The Bertz CT molecular complexity index is 906. The molecule has 0 spiro atoms. The van der Waals surface area contributed by atoms with E-state index in [-0.39, 0.29) is 17.1 Å². The predicted octanol–water partition coefficient (Wildman–Crippen LogP) is 2.93. The van der Waals surface area contributed by atoms with Crippen LogP contribution < -0.4 is 10.3 Å². The fourth-order valence-corrected chi connectivity index (χ4v) is 3.28. The van der Waals surface area contributed by atoms with E-state index in [0.29, 0.717) is 18.1 Å². The van der Waals surface area contributed by atoms with Crippen molar-refractivity contribution >= 4 is 16.3 Å². The fraction of sp³-hybridized carbons (Fsp3) is 0.294. The minimum absolute atomic E-state index is 0.0807. The maximum atomic E-state index is 13.8. The van der Waals surface area contributed by atoms with Gasteiger partial charge in [0.25, 0.3) is 5.56 Å². The molecule has 3 aromatic rings. The molecule has 0 saturated carbocycles. The van der Waals surface area contributed by atoms with Crippen LogP contribution in [0.4, 0.5) is 4.39 Å². The first-order valence-electron chi connectivity index (χ1n) is 7.61. The number of benzene rings is 1. The molecule has 0 fully saturated rings. The molecular weight excluding hydrogens is 329 g/mol. The third-order valence-electron chi connectivity index (χ3n) is 3.81. The van der Waals surface area contributed by atoms with E-state index in [1.807, 2.05) is 18.4 Å². The Morgan fingerprint density at radius 2 is 2.17 bits per heavy atom. The van der Waals surface area contributed by atoms with Gasteiger partial charge < -0.3 is 4.74 Å². The van der Waals surface area contributed by atoms with E-state index in [1.54, 1.807) is 18.3 Å². The van der Waals surface area contributed by atoms with Crippen LogP contribution in [0, 0.1) is 5.82 Å². The summed E-state index contributed by atoms with van der Waals surface area (Å²) < 4.78 is 20.3. The SMILES string of the molecule is CCN(Cc1ccc(OC)c(F)c1)Cc1cc(=O)n2ccsc2n1. The Balaban J connectivity index is 1.78. The number of hydrogen-bond acceptors (Lipinski definition) is 5. The Morgan fingerprint density at radius 1 is 1.33 bits per heavy atom. The maximum Gasteiger partial charge on any atom is 0.258 e. The van der Waals surface area contributed by atoms with Crippen LogP contribution in [0.1, 0.15) is 18.2 Å². The van der Waals surface area contributed by atoms with Crippen LogP contribution in [-0.4, -0.2) is 27.9 Å². The van der Waals surface area contributed by atoms with Crippen molar-refractivity contribution in [1.82, 2.24) is 14.3 Å². The minimum atomic E-state index is -0.373. The summed E-state index contributed by atoms with van der Waals surface area (Å²) in [4.78, 5) is 19.4. The maximum absolute atomic E-state index is 13.8. The molecule has 0 aliphatic rings. The minimum Gasteiger partial charge on any atom is -0.494 e. The number of aromatic nitrogens is 2. The molecule has 2 heterocycles. The molecule has 126 valence electrons. The van der Waals surface area contributed by atoms with Gasteiger partial charge in [0.1, 0.15) is 0 Å². The van der Waals surface area contributed by atoms with Crippen molar-refractivity contribution in [2.45, 2.75) is 20.0 Å². The predicted molar refractivity (Wildman–Crippen MR) is 92.1 cm³/mol. The lowest BCUT2D eigenvalue weighted by molar-refractivity contribution is 0.267. The van der Waals surface area contributed by atoms with Gasteiger partial charge in [-0.1, -0.05) is 13.0 Å². The number of fused-ring (bicyclic) bond motifs is 1. The summed E-state index contributed by atoms with van der Waals surface area (Å²) in [6, 6.07) is 6.50. The van der Waals surface area contributed by atoms with Gasteiger partial charge in [-0.3, -0.25) is 14.1 Å². The normalized spacial score (nSPS) is 11.3. The summed E-state index contributed by atoms with van der Waals surface area (Å²) in [6.07, 6.45) is 1.72. The summed E-state index contributed by atoms with van der Waals surface area (Å²) in [5.41, 5.74) is 1.49. The van der Waals surface area contributed by atoms with Crippen molar-refractivity contribution in [1.29, 1.82) is 0 Å². The third kappa shape index (κ3) is 3.47. The van der Waals surface area contributed by atoms with Gasteiger partial charge in [-0.05, 0) is 24.2 Å². The molecule has 0 aliphatic carbocycles. The monoisotopic (exact) mass is 347 g/mol. The highest BCUT2D eigenvalue weighted by Crippen LogP contribution is 2.19. The number of ether oxygens (including phenoxy) is 1. The van der Waals surface area contributed by atoms with E-state index < -0.39 is 0 Å². The first-order chi connectivity index (χ1) is 11.6. The molecule has 0 aliphatic heterocycles. The number of nitrogens with zero attached hydrogens (tertiary/aromatic N) is 3. The molecule has 0 atom stereocenters. The van der Waals surface area contributed by atoms with Crippen molar-refractivity contribution in [2.75, 3.05) is 13.7 Å². The number of thiazole rings is 1. The van der Waals surface area contributed by atoms with Crippen molar-refractivity contribution in [2.24, 2.45) is 0 Å². The molecule has 2 aromatic heterocycles. The number of rotatable bonds is 6. The van der Waals surface area contributed by atoms with E-state index in [1.165, 1.54) is 28.9 Å². The van der Waals surface area contributed by atoms with Gasteiger partial charge in [-0.15, -0.1) is 11.3 Å². The van der Waals surface area contributed by atoms with Gasteiger partial charge in [-0.25, -0.2) is 9.37 Å². The van der Waals surface area contributed by atoms with E-state index in [0.717, 1.165) is 17.8 Å². The summed E-state index contributed by atoms with van der Waals surface area (Å²) in [5, 5.41) is 1.84. The van der Waals surface area contributed by atoms with Crippen LogP contribution in [0.3, 0.4) is 0 Å². The highest BCUT2D eigenvalue weighted by atomic mass is 32.1. The standard InChI is InChI=1S/C17H18FN3O2S/c1-3-20(10-12-4-5-15(23-2)14(18)8-12)11-13-9-16(22)21-6-7-24-17(21)19-13/h4-9H,3,10-11H2,1-2H3. The zero-order chi connectivity index (χ0) is 17.1. The molecule has 0 radical (unpaired) electrons. The molecule has 7 heteroatoms. The number of hydrogen-bond donors (Lipinski definition) is 0. The van der Waals surface area contributed by atoms with Crippen molar-refractivity contribution in [3.05, 3.63) is 63.3 Å². The molecule has 0 unspecified atom stereocenters. The first kappa shape index (κ1) is 16.6. The highest BCUT2D eigenvalue weighted by molar-refractivity contribution is 7.15. The van der Waals surface area contributed by atoms with Crippen molar-refractivity contribution in [3.8, 4) is 5.75 Å². The van der Waals surface area contributed by atoms with E-state index in [2.05, 4.69) is 9.88 Å². The average molecular weight is 347 g/mol. The van der Waals surface area contributed by atoms with E-state index >= 15 is 0 Å². The lowest BCUT2D eigenvalue weighted by Crippen LogP contribution is -2.24. The molecule has 0 N–H and O–H groups in total. The zero-order valence-corrected chi connectivity index (χ0v) is 14.3. The van der Waals surface area contributed by atoms with Gasteiger partial charge in [0.05, 0.1) is 12.8 Å². The van der Waals surface area contributed by atoms with Crippen LogP contribution in [0.15, 0.2) is 40.6 Å². The summed E-state index contributed by atoms with van der Waals surface area (Å²) in [5.74, 6) is -0.137. The highest BCUT2D eigenvalue weighted by Gasteiger charge is 2.11. The molecule has 24 heavy (non-hydrogen) atoms. The first-order valence-corrected chi connectivity index (χ1v) is 8.49. The molecule has 0 bridgehead atoms. The lowest BCUT2D eigenvalue weighted by atomic mass is 10.2. The Labute approximate surface area is 143 Å². The summed E-state index contributed by atoms with van der Waals surface area (Å²) in [6.45, 7) is 3.90. The van der Waals surface area contributed by atoms with Gasteiger partial charge in [0.2, 0.25) is 0 Å². The second-order valence-electron chi connectivity index (χ2n) is 5.41. The smallest absolute Gasteiger partial charge is 0.258 e. The van der Waals surface area contributed by atoms with Crippen LogP contribution in [0.25, 0.3) is 4.96 Å². The van der Waals surface area contributed by atoms with Crippen LogP contribution in [0.2, 0.25) is 0 Å². The second-order valence-corrected chi connectivity index (χ2v) is 6.29. The molecular formula is C17H18FN3O2S. The second kappa shape index (κ2) is 7.11. The number of halogens is 1. The molecule has 5 nitrogen and oxygen atoms in total. The summed E-state index contributed by atoms with van der Waals surface area (Å²) >= 11 is 1.43. The zero-order valence-electron chi connectivity index (χ0n) is 13.5. The number of methoxy groups -OCH3 is 1. The fourth-order valence-electron chi connectivity index (χ4n) is 2.54. The molecule has 3 rings (SSSR count). The Kier molecular flexibility index (Phi) is 4.92. The average Bonchev–Trinajstić information content (AvgIpc) is 3.03. The third-order valence-corrected chi connectivity index (χ3v) is 4.57. The summed E-state index contributed by atoms with van der Waals surface area (Å²) in [7, 11) is 1.45. The van der Waals surface area contributed by atoms with Crippen LogP contribution >= 0.6 is 11.3 Å². The topological polar surface area (TPSA) is 46.8 Å². The van der Waals surface area contributed by atoms with Gasteiger partial charge in [0.15, 0.2) is 16.5 Å². The van der Waals surface area contributed by atoms with E-state index in [9.17, 15) is 9.18 Å². The van der Waals surface area contributed by atoms with Crippen LogP contribution in [-0.2, 0) is 13.1 Å². The van der Waals surface area contributed by atoms with Gasteiger partial charge >= 0.3 is 0 Å². The van der Waals surface area contributed by atoms with Gasteiger partial charge in [-0.2, -0.15) is 0 Å². The quantitative estimate of drug-likeness (QED) is 0.688. The van der Waals surface area contributed by atoms with E-state index in [4.69, 9.17) is 4.74 Å².